The predicted octanol–water partition coefficient (Wildman–Crippen LogP) is 2.96. The summed E-state index contributed by atoms with van der Waals surface area (Å²) in [5.41, 5.74) is 0.311. The molecule has 0 amide bonds. The third-order valence-electron chi connectivity index (χ3n) is 3.92. The van der Waals surface area contributed by atoms with E-state index in [2.05, 4.69) is 46.3 Å². The van der Waals surface area contributed by atoms with Gasteiger partial charge in [-0.15, -0.1) is 0 Å². The molecule has 1 atom stereocenters. The van der Waals surface area contributed by atoms with Crippen molar-refractivity contribution in [2.45, 2.75) is 53.0 Å². The van der Waals surface area contributed by atoms with Crippen LogP contribution in [0.4, 0.5) is 0 Å². The maximum absolute atomic E-state index is 4.07. The standard InChI is InChI=1S/C12H25N2/c1-8-11(3,4)12(5,9-2)14(7)10-13-6/h10H,7-9H2,1-6H3/q+1. The minimum absolute atomic E-state index is 0.0707. The Morgan fingerprint density at radius 2 is 1.71 bits per heavy atom. The SMILES string of the molecule is C=[N+](C=NC)C(C)(CC)C(C)(C)CC. The second kappa shape index (κ2) is 4.72. The Morgan fingerprint density at radius 1 is 1.21 bits per heavy atom. The van der Waals surface area contributed by atoms with Gasteiger partial charge in [-0.05, 0) is 19.8 Å². The highest BCUT2D eigenvalue weighted by molar-refractivity contribution is 5.48. The first-order valence-electron chi connectivity index (χ1n) is 5.37. The summed E-state index contributed by atoms with van der Waals surface area (Å²) in [4.78, 5) is 4.04. The fourth-order valence-corrected chi connectivity index (χ4v) is 1.72. The van der Waals surface area contributed by atoms with E-state index >= 15 is 0 Å². The van der Waals surface area contributed by atoms with Crippen molar-refractivity contribution in [3.8, 4) is 0 Å². The van der Waals surface area contributed by atoms with Crippen molar-refractivity contribution in [3.63, 3.8) is 0 Å². The van der Waals surface area contributed by atoms with Gasteiger partial charge in [-0.2, -0.15) is 0 Å². The molecular weight excluding hydrogens is 172 g/mol. The van der Waals surface area contributed by atoms with Gasteiger partial charge in [-0.25, -0.2) is 4.58 Å². The molecule has 0 spiro atoms. The highest BCUT2D eigenvalue weighted by Crippen LogP contribution is 2.38. The Hall–Kier alpha value is -0.660. The first kappa shape index (κ1) is 13.3. The van der Waals surface area contributed by atoms with Crippen molar-refractivity contribution >= 4 is 13.1 Å². The van der Waals surface area contributed by atoms with Crippen LogP contribution < -0.4 is 0 Å². The van der Waals surface area contributed by atoms with Crippen LogP contribution in [-0.4, -0.2) is 30.2 Å². The first-order valence-corrected chi connectivity index (χ1v) is 5.37. The van der Waals surface area contributed by atoms with Gasteiger partial charge in [0.05, 0.1) is 6.72 Å². The molecule has 1 unspecified atom stereocenters. The average molecular weight is 197 g/mol. The van der Waals surface area contributed by atoms with E-state index in [-0.39, 0.29) is 11.0 Å². The third-order valence-corrected chi connectivity index (χ3v) is 3.92. The van der Waals surface area contributed by atoms with Crippen molar-refractivity contribution in [3.05, 3.63) is 0 Å². The van der Waals surface area contributed by atoms with E-state index in [0.29, 0.717) is 0 Å². The fraction of sp³-hybridized carbons (Fsp3) is 0.833. The quantitative estimate of drug-likeness (QED) is 0.366. The topological polar surface area (TPSA) is 15.4 Å². The monoisotopic (exact) mass is 197 g/mol. The van der Waals surface area contributed by atoms with Crippen molar-refractivity contribution in [2.75, 3.05) is 7.05 Å². The van der Waals surface area contributed by atoms with Crippen molar-refractivity contribution in [2.24, 2.45) is 10.4 Å². The minimum Gasteiger partial charge on any atom is -0.239 e. The molecular formula is C12H25N2+. The molecule has 0 radical (unpaired) electrons. The molecule has 0 bridgehead atoms. The van der Waals surface area contributed by atoms with E-state index in [1.807, 2.05) is 10.9 Å². The number of rotatable bonds is 5. The van der Waals surface area contributed by atoms with Crippen molar-refractivity contribution < 1.29 is 4.58 Å². The highest BCUT2D eigenvalue weighted by atomic mass is 15.1. The lowest BCUT2D eigenvalue weighted by atomic mass is 9.69. The summed E-state index contributed by atoms with van der Waals surface area (Å²) in [6.07, 6.45) is 4.03. The van der Waals surface area contributed by atoms with Gasteiger partial charge < -0.3 is 0 Å². The molecule has 2 nitrogen and oxygen atoms in total. The Balaban J connectivity index is 5.07. The summed E-state index contributed by atoms with van der Waals surface area (Å²) in [5, 5.41) is 0. The van der Waals surface area contributed by atoms with Gasteiger partial charge in [0.1, 0.15) is 12.6 Å². The van der Waals surface area contributed by atoms with Crippen LogP contribution in [0.15, 0.2) is 4.99 Å². The van der Waals surface area contributed by atoms with E-state index in [1.165, 1.54) is 0 Å². The Labute approximate surface area is 88.8 Å². The molecule has 0 saturated carbocycles. The van der Waals surface area contributed by atoms with Crippen LogP contribution in [0.1, 0.15) is 47.5 Å². The van der Waals surface area contributed by atoms with Gasteiger partial charge in [0.15, 0.2) is 0 Å². The third kappa shape index (κ3) is 2.23. The molecule has 0 rings (SSSR count). The van der Waals surface area contributed by atoms with Crippen molar-refractivity contribution in [1.82, 2.24) is 0 Å². The zero-order valence-corrected chi connectivity index (χ0v) is 10.6. The Morgan fingerprint density at radius 3 is 2.00 bits per heavy atom. The lowest BCUT2D eigenvalue weighted by Gasteiger charge is -2.41. The summed E-state index contributed by atoms with van der Waals surface area (Å²) in [6, 6.07) is 0. The summed E-state index contributed by atoms with van der Waals surface area (Å²) < 4.78 is 2.00. The summed E-state index contributed by atoms with van der Waals surface area (Å²) in [7, 11) is 1.78. The first-order chi connectivity index (χ1) is 6.35. The lowest BCUT2D eigenvalue weighted by molar-refractivity contribution is -0.513. The van der Waals surface area contributed by atoms with Crippen LogP contribution in [0, 0.1) is 5.41 Å². The Kier molecular flexibility index (Phi) is 4.50. The number of hydrogen-bond donors (Lipinski definition) is 0. The van der Waals surface area contributed by atoms with Gasteiger partial charge in [-0.3, -0.25) is 0 Å². The zero-order chi connectivity index (χ0) is 11.4. The largest absolute Gasteiger partial charge is 0.279 e. The van der Waals surface area contributed by atoms with Crippen LogP contribution in [0.2, 0.25) is 0 Å². The van der Waals surface area contributed by atoms with Gasteiger partial charge in [0.25, 0.3) is 6.34 Å². The van der Waals surface area contributed by atoms with Crippen LogP contribution in [0.25, 0.3) is 0 Å². The zero-order valence-electron chi connectivity index (χ0n) is 10.6. The normalized spacial score (nSPS) is 17.0. The van der Waals surface area contributed by atoms with E-state index in [4.69, 9.17) is 0 Å². The van der Waals surface area contributed by atoms with E-state index in [1.54, 1.807) is 7.05 Å². The molecule has 0 aromatic rings. The molecule has 0 fully saturated rings. The summed E-state index contributed by atoms with van der Waals surface area (Å²) in [5.74, 6) is 0. The second-order valence-electron chi connectivity index (χ2n) is 4.71. The minimum atomic E-state index is 0.0707. The molecule has 0 aliphatic carbocycles. The van der Waals surface area contributed by atoms with Crippen LogP contribution in [0.3, 0.4) is 0 Å². The highest BCUT2D eigenvalue weighted by Gasteiger charge is 2.43. The molecule has 0 aromatic heterocycles. The van der Waals surface area contributed by atoms with Crippen LogP contribution in [-0.2, 0) is 0 Å². The van der Waals surface area contributed by atoms with E-state index in [9.17, 15) is 0 Å². The summed E-state index contributed by atoms with van der Waals surface area (Å²) in [6.45, 7) is 15.3. The molecule has 0 N–H and O–H groups in total. The smallest absolute Gasteiger partial charge is 0.239 e. The summed E-state index contributed by atoms with van der Waals surface area (Å²) >= 11 is 0. The molecule has 82 valence electrons. The molecule has 0 heterocycles. The maximum atomic E-state index is 4.07. The van der Waals surface area contributed by atoms with Gasteiger partial charge in [0, 0.05) is 5.41 Å². The fourth-order valence-electron chi connectivity index (χ4n) is 1.72. The van der Waals surface area contributed by atoms with E-state index in [0.717, 1.165) is 12.8 Å². The average Bonchev–Trinajstić information content (AvgIpc) is 2.16. The molecule has 0 aromatic carbocycles. The van der Waals surface area contributed by atoms with Gasteiger partial charge in [0.2, 0.25) is 0 Å². The molecule has 0 aliphatic heterocycles. The maximum Gasteiger partial charge on any atom is 0.279 e. The predicted molar refractivity (Wildman–Crippen MR) is 64.6 cm³/mol. The second-order valence-corrected chi connectivity index (χ2v) is 4.71. The van der Waals surface area contributed by atoms with Crippen LogP contribution in [0.5, 0.6) is 0 Å². The lowest BCUT2D eigenvalue weighted by Crippen LogP contribution is -2.49. The molecule has 14 heavy (non-hydrogen) atoms. The van der Waals surface area contributed by atoms with Gasteiger partial charge >= 0.3 is 0 Å². The molecule has 2 heteroatoms. The number of aliphatic imine (C=N–C) groups is 1. The van der Waals surface area contributed by atoms with Crippen LogP contribution >= 0.6 is 0 Å². The Bertz CT molecular complexity index is 228. The molecule has 0 aliphatic rings. The van der Waals surface area contributed by atoms with E-state index < -0.39 is 0 Å². The van der Waals surface area contributed by atoms with Gasteiger partial charge in [-0.1, -0.05) is 32.7 Å². The number of nitrogens with zero attached hydrogens (tertiary/aromatic N) is 2. The van der Waals surface area contributed by atoms with Crippen molar-refractivity contribution in [1.29, 1.82) is 0 Å². The molecule has 0 saturated heterocycles. The number of hydrogen-bond acceptors (Lipinski definition) is 1.